The summed E-state index contributed by atoms with van der Waals surface area (Å²) in [6, 6.07) is 0. The minimum Gasteiger partial charge on any atom is -0.505 e. The summed E-state index contributed by atoms with van der Waals surface area (Å²) >= 11 is 0. The zero-order chi connectivity index (χ0) is 36.5. The number of rotatable bonds is 32. The van der Waals surface area contributed by atoms with Gasteiger partial charge in [-0.1, -0.05) is 127 Å². The van der Waals surface area contributed by atoms with Gasteiger partial charge in [-0.25, -0.2) is 4.79 Å². The molecule has 0 aromatic carbocycles. The normalized spacial score (nSPS) is 15.7. The van der Waals surface area contributed by atoms with Crippen LogP contribution in [0.1, 0.15) is 168 Å². The molecule has 0 saturated heterocycles. The number of ether oxygens (including phenoxy) is 3. The van der Waals surface area contributed by atoms with Crippen molar-refractivity contribution >= 4 is 17.9 Å². The summed E-state index contributed by atoms with van der Waals surface area (Å²) < 4.78 is 15.5. The fraction of sp³-hybridized carbons (Fsp3) is 0.690. The number of hydrogen-bond acceptors (Lipinski definition) is 8. The van der Waals surface area contributed by atoms with E-state index < -0.39 is 48.2 Å². The molecule has 0 aromatic heterocycles. The average molecular weight is 701 g/mol. The second-order valence-corrected chi connectivity index (χ2v) is 13.2. The third-order valence-electron chi connectivity index (χ3n) is 8.60. The first kappa shape index (κ1) is 44.9. The quantitative estimate of drug-likeness (QED) is 0.0308. The van der Waals surface area contributed by atoms with E-state index in [0.29, 0.717) is 12.8 Å². The van der Waals surface area contributed by atoms with E-state index in [-0.39, 0.29) is 12.8 Å². The molecule has 284 valence electrons. The Hall–Kier alpha value is -3.13. The molecule has 0 fully saturated rings. The average Bonchev–Trinajstić information content (AvgIpc) is 3.38. The van der Waals surface area contributed by atoms with Crippen LogP contribution in [0.4, 0.5) is 0 Å². The highest BCUT2D eigenvalue weighted by Gasteiger charge is 2.43. The van der Waals surface area contributed by atoms with Crippen LogP contribution in [-0.4, -0.2) is 46.9 Å². The van der Waals surface area contributed by atoms with Gasteiger partial charge in [0.15, 0.2) is 11.9 Å². The summed E-state index contributed by atoms with van der Waals surface area (Å²) in [5, 5.41) is 20.3. The van der Waals surface area contributed by atoms with Crippen LogP contribution in [0.2, 0.25) is 0 Å². The molecule has 0 unspecified atom stereocenters. The van der Waals surface area contributed by atoms with Gasteiger partial charge in [0.2, 0.25) is 6.10 Å². The predicted octanol–water partition coefficient (Wildman–Crippen LogP) is 10.8. The maximum atomic E-state index is 12.4. The lowest BCUT2D eigenvalue weighted by Crippen LogP contribution is -2.36. The molecule has 0 spiro atoms. The summed E-state index contributed by atoms with van der Waals surface area (Å²) in [6.45, 7) is 3.77. The molecule has 1 aliphatic rings. The first-order valence-corrected chi connectivity index (χ1v) is 19.7. The summed E-state index contributed by atoms with van der Waals surface area (Å²) in [5.74, 6) is -3.47. The van der Waals surface area contributed by atoms with Gasteiger partial charge in [0.25, 0.3) is 5.76 Å². The highest BCUT2D eigenvalue weighted by Crippen LogP contribution is 2.26. The monoisotopic (exact) mass is 700 g/mol. The number of hydrogen-bond donors (Lipinski definition) is 2. The Labute approximate surface area is 303 Å². The van der Waals surface area contributed by atoms with E-state index in [1.54, 1.807) is 0 Å². The summed E-state index contributed by atoms with van der Waals surface area (Å²) in [5.41, 5.74) is 0. The van der Waals surface area contributed by atoms with Gasteiger partial charge in [0.05, 0.1) is 6.61 Å². The topological polar surface area (TPSA) is 119 Å². The lowest BCUT2D eigenvalue weighted by atomic mass is 10.1. The molecule has 0 amide bonds. The molecule has 50 heavy (non-hydrogen) atoms. The Morgan fingerprint density at radius 3 is 1.52 bits per heavy atom. The van der Waals surface area contributed by atoms with Crippen LogP contribution in [0.5, 0.6) is 0 Å². The van der Waals surface area contributed by atoms with Crippen molar-refractivity contribution in [2.45, 2.75) is 180 Å². The van der Waals surface area contributed by atoms with Gasteiger partial charge >= 0.3 is 17.9 Å². The first-order valence-electron chi connectivity index (χ1n) is 19.7. The van der Waals surface area contributed by atoms with Crippen molar-refractivity contribution in [1.29, 1.82) is 0 Å². The molecule has 1 aliphatic heterocycles. The fourth-order valence-corrected chi connectivity index (χ4v) is 5.55. The van der Waals surface area contributed by atoms with Crippen molar-refractivity contribution in [2.75, 3.05) is 6.61 Å². The molecule has 8 nitrogen and oxygen atoms in total. The Morgan fingerprint density at radius 1 is 0.640 bits per heavy atom. The Kier molecular flexibility index (Phi) is 28.6. The second kappa shape index (κ2) is 31.8. The minimum atomic E-state index is -1.42. The summed E-state index contributed by atoms with van der Waals surface area (Å²) in [7, 11) is 0. The highest BCUT2D eigenvalue weighted by atomic mass is 16.6. The number of allylic oxidation sites excluding steroid dienone is 8. The van der Waals surface area contributed by atoms with E-state index in [9.17, 15) is 24.6 Å². The lowest BCUT2D eigenvalue weighted by Gasteiger charge is -2.20. The van der Waals surface area contributed by atoms with Gasteiger partial charge in [-0.05, 0) is 77.0 Å². The van der Waals surface area contributed by atoms with Gasteiger partial charge in [-0.15, -0.1) is 0 Å². The van der Waals surface area contributed by atoms with Crippen LogP contribution in [0.15, 0.2) is 60.1 Å². The second-order valence-electron chi connectivity index (χ2n) is 13.2. The van der Waals surface area contributed by atoms with Gasteiger partial charge in [0, 0.05) is 12.8 Å². The highest BCUT2D eigenvalue weighted by molar-refractivity contribution is 5.92. The predicted molar refractivity (Wildman–Crippen MR) is 201 cm³/mol. The summed E-state index contributed by atoms with van der Waals surface area (Å²) in [6.07, 6.45) is 38.8. The van der Waals surface area contributed by atoms with Gasteiger partial charge in [-0.3, -0.25) is 9.59 Å². The third kappa shape index (κ3) is 23.3. The number of aliphatic hydroxyl groups excluding tert-OH is 2. The Balaban J connectivity index is 2.20. The van der Waals surface area contributed by atoms with Crippen molar-refractivity contribution in [3.05, 3.63) is 60.1 Å². The maximum absolute atomic E-state index is 12.4. The van der Waals surface area contributed by atoms with E-state index in [0.717, 1.165) is 83.5 Å². The number of cyclic esters (lactones) is 1. The van der Waals surface area contributed by atoms with Crippen molar-refractivity contribution in [2.24, 2.45) is 0 Å². The zero-order valence-corrected chi connectivity index (χ0v) is 31.3. The molecular weight excluding hydrogens is 632 g/mol. The minimum absolute atomic E-state index is 0.102. The molecule has 0 bridgehead atoms. The number of aliphatic hydroxyl groups is 2. The van der Waals surface area contributed by atoms with Crippen LogP contribution in [-0.2, 0) is 28.6 Å². The SMILES string of the molecule is CCCCC/C=C\C/C=C\CCCCCCCC(=O)OC1=C(O)[C@@H]([C@H](CO)OC(=O)CCCCCCC/C=C\C/C=C\CCCCC)OC1=O. The molecular formula is C42H68O8. The Bertz CT molecular complexity index is 1050. The van der Waals surface area contributed by atoms with Gasteiger partial charge < -0.3 is 24.4 Å². The Morgan fingerprint density at radius 2 is 1.06 bits per heavy atom. The van der Waals surface area contributed by atoms with Crippen LogP contribution in [0, 0.1) is 0 Å². The largest absolute Gasteiger partial charge is 0.505 e. The third-order valence-corrected chi connectivity index (χ3v) is 8.60. The smallest absolute Gasteiger partial charge is 0.379 e. The fourth-order valence-electron chi connectivity index (χ4n) is 5.55. The molecule has 0 radical (unpaired) electrons. The molecule has 8 heteroatoms. The standard InChI is InChI=1S/C42H68O8/c1-3-5-7-9-11-13-15-17-19-21-23-25-27-29-31-33-37(44)48-36(35-43)40-39(46)41(42(47)50-40)49-38(45)34-32-30-28-26-24-22-20-18-16-14-12-10-8-6-4-2/h11-14,17-20,36,40,43,46H,3-10,15-16,21-35H2,1-2H3/b13-11-,14-12-,19-17-,20-18-/t36-,40+/m0/s1. The van der Waals surface area contributed by atoms with Gasteiger partial charge in [0.1, 0.15) is 0 Å². The molecule has 1 heterocycles. The molecule has 2 N–H and O–H groups in total. The van der Waals surface area contributed by atoms with E-state index >= 15 is 0 Å². The van der Waals surface area contributed by atoms with Crippen molar-refractivity contribution in [3.63, 3.8) is 0 Å². The number of carbonyl (C=O) groups excluding carboxylic acids is 3. The maximum Gasteiger partial charge on any atom is 0.379 e. The van der Waals surface area contributed by atoms with Crippen LogP contribution in [0.3, 0.4) is 0 Å². The van der Waals surface area contributed by atoms with E-state index in [1.807, 2.05) is 0 Å². The van der Waals surface area contributed by atoms with Crippen molar-refractivity contribution in [1.82, 2.24) is 0 Å². The van der Waals surface area contributed by atoms with E-state index in [2.05, 4.69) is 62.5 Å². The molecule has 2 atom stereocenters. The van der Waals surface area contributed by atoms with E-state index in [4.69, 9.17) is 14.2 Å². The lowest BCUT2D eigenvalue weighted by molar-refractivity contribution is -0.165. The number of unbranched alkanes of at least 4 members (excludes halogenated alkanes) is 16. The zero-order valence-electron chi connectivity index (χ0n) is 31.3. The van der Waals surface area contributed by atoms with Crippen LogP contribution < -0.4 is 0 Å². The molecule has 0 aliphatic carbocycles. The molecule has 1 rings (SSSR count). The van der Waals surface area contributed by atoms with Crippen molar-refractivity contribution in [3.8, 4) is 0 Å². The van der Waals surface area contributed by atoms with Gasteiger partial charge in [-0.2, -0.15) is 0 Å². The van der Waals surface area contributed by atoms with Crippen LogP contribution >= 0.6 is 0 Å². The van der Waals surface area contributed by atoms with Crippen LogP contribution in [0.25, 0.3) is 0 Å². The number of esters is 3. The van der Waals surface area contributed by atoms with Crippen molar-refractivity contribution < 1.29 is 38.8 Å². The number of carbonyl (C=O) groups is 3. The molecule has 0 aromatic rings. The first-order chi connectivity index (χ1) is 24.4. The van der Waals surface area contributed by atoms with E-state index in [1.165, 1.54) is 44.9 Å². The summed E-state index contributed by atoms with van der Waals surface area (Å²) in [4.78, 5) is 37.1. The molecule has 0 saturated carbocycles.